The predicted molar refractivity (Wildman–Crippen MR) is 121 cm³/mol. The summed E-state index contributed by atoms with van der Waals surface area (Å²) in [5.41, 5.74) is 3.27. The average molecular weight is 452 g/mol. The minimum absolute atomic E-state index is 0.0270. The van der Waals surface area contributed by atoms with Crippen molar-refractivity contribution in [2.75, 3.05) is 33.4 Å². The number of benzene rings is 1. The third kappa shape index (κ3) is 4.04. The second-order valence-electron chi connectivity index (χ2n) is 8.85. The van der Waals surface area contributed by atoms with Crippen molar-refractivity contribution in [2.45, 2.75) is 44.9 Å². The van der Waals surface area contributed by atoms with Crippen molar-refractivity contribution in [1.29, 1.82) is 0 Å². The van der Waals surface area contributed by atoms with Crippen LogP contribution in [0.2, 0.25) is 0 Å². The van der Waals surface area contributed by atoms with Crippen LogP contribution in [0, 0.1) is 0 Å². The smallest absolute Gasteiger partial charge is 0.259 e. The van der Waals surface area contributed by atoms with Crippen molar-refractivity contribution in [3.63, 3.8) is 0 Å². The quantitative estimate of drug-likeness (QED) is 0.709. The van der Waals surface area contributed by atoms with Crippen LogP contribution in [0.1, 0.15) is 40.0 Å². The fourth-order valence-corrected chi connectivity index (χ4v) is 5.16. The minimum atomic E-state index is -0.396. The summed E-state index contributed by atoms with van der Waals surface area (Å²) in [4.78, 5) is 43.1. The van der Waals surface area contributed by atoms with Gasteiger partial charge in [0.2, 0.25) is 0 Å². The molecule has 3 aliphatic rings. The van der Waals surface area contributed by atoms with Crippen LogP contribution >= 0.6 is 0 Å². The first-order valence-electron chi connectivity index (χ1n) is 11.6. The van der Waals surface area contributed by atoms with Crippen LogP contribution in [0.25, 0.3) is 0 Å². The number of ether oxygens (including phenoxy) is 2. The standard InChI is InChI=1S/C25H29N3O5/c1-32-21-15-22(29)28-13-12-26(24(30)20-7-4-14-33-20)11-9-19(28)23(21)25(31)27-10-8-17-5-2-3-6-18(17)16-27/h2-3,5-6,15,20H,4,7-14,16H2,1H3/t20-/m1/s1. The number of nitrogens with zero attached hydrogens (tertiary/aromatic N) is 3. The molecule has 8 nitrogen and oxygen atoms in total. The largest absolute Gasteiger partial charge is 0.496 e. The van der Waals surface area contributed by atoms with Gasteiger partial charge in [0.1, 0.15) is 17.4 Å². The van der Waals surface area contributed by atoms with E-state index in [1.54, 1.807) is 9.47 Å². The molecule has 0 bridgehead atoms. The molecule has 3 aliphatic heterocycles. The van der Waals surface area contributed by atoms with Crippen molar-refractivity contribution in [1.82, 2.24) is 14.4 Å². The monoisotopic (exact) mass is 451 g/mol. The lowest BCUT2D eigenvalue weighted by Crippen LogP contribution is -2.40. The van der Waals surface area contributed by atoms with E-state index < -0.39 is 6.10 Å². The fraction of sp³-hybridized carbons (Fsp3) is 0.480. The van der Waals surface area contributed by atoms with E-state index in [1.807, 2.05) is 17.0 Å². The van der Waals surface area contributed by atoms with Crippen molar-refractivity contribution in [2.24, 2.45) is 0 Å². The summed E-state index contributed by atoms with van der Waals surface area (Å²) in [6.07, 6.45) is 2.43. The van der Waals surface area contributed by atoms with Crippen LogP contribution in [0.5, 0.6) is 5.75 Å². The van der Waals surface area contributed by atoms with Crippen molar-refractivity contribution >= 4 is 11.8 Å². The second-order valence-corrected chi connectivity index (χ2v) is 8.85. The van der Waals surface area contributed by atoms with E-state index in [0.717, 1.165) is 24.8 Å². The van der Waals surface area contributed by atoms with Gasteiger partial charge < -0.3 is 23.8 Å². The normalized spacial score (nSPS) is 20.1. The summed E-state index contributed by atoms with van der Waals surface area (Å²) < 4.78 is 12.7. The highest BCUT2D eigenvalue weighted by Gasteiger charge is 2.33. The Balaban J connectivity index is 1.45. The molecule has 2 aromatic rings. The van der Waals surface area contributed by atoms with Gasteiger partial charge in [-0.3, -0.25) is 14.4 Å². The lowest BCUT2D eigenvalue weighted by Gasteiger charge is -2.30. The Hall–Kier alpha value is -3.13. The number of methoxy groups -OCH3 is 1. The Labute approximate surface area is 192 Å². The fourth-order valence-electron chi connectivity index (χ4n) is 5.16. The maximum atomic E-state index is 13.7. The molecule has 33 heavy (non-hydrogen) atoms. The zero-order chi connectivity index (χ0) is 22.9. The Morgan fingerprint density at radius 2 is 1.82 bits per heavy atom. The molecule has 1 aromatic carbocycles. The van der Waals surface area contributed by atoms with Gasteiger partial charge in [0.25, 0.3) is 17.4 Å². The van der Waals surface area contributed by atoms with Gasteiger partial charge in [-0.15, -0.1) is 0 Å². The average Bonchev–Trinajstić information content (AvgIpc) is 3.29. The second kappa shape index (κ2) is 9.02. The number of carbonyl (C=O) groups excluding carboxylic acids is 2. The molecule has 1 saturated heterocycles. The lowest BCUT2D eigenvalue weighted by atomic mass is 9.98. The van der Waals surface area contributed by atoms with E-state index in [-0.39, 0.29) is 17.4 Å². The first kappa shape index (κ1) is 21.7. The van der Waals surface area contributed by atoms with E-state index in [4.69, 9.17) is 9.47 Å². The number of pyridine rings is 1. The summed E-state index contributed by atoms with van der Waals surface area (Å²) in [5, 5.41) is 0. The number of hydrogen-bond acceptors (Lipinski definition) is 5. The summed E-state index contributed by atoms with van der Waals surface area (Å²) in [5.74, 6) is 0.138. The number of amides is 2. The number of fused-ring (bicyclic) bond motifs is 2. The number of hydrogen-bond donors (Lipinski definition) is 0. The maximum Gasteiger partial charge on any atom is 0.259 e. The predicted octanol–water partition coefficient (Wildman–Crippen LogP) is 1.62. The molecule has 1 atom stereocenters. The minimum Gasteiger partial charge on any atom is -0.496 e. The van der Waals surface area contributed by atoms with Gasteiger partial charge in [0.05, 0.1) is 7.11 Å². The van der Waals surface area contributed by atoms with E-state index in [9.17, 15) is 14.4 Å². The van der Waals surface area contributed by atoms with Gasteiger partial charge in [-0.05, 0) is 30.4 Å². The number of carbonyl (C=O) groups is 2. The summed E-state index contributed by atoms with van der Waals surface area (Å²) in [6, 6.07) is 9.56. The van der Waals surface area contributed by atoms with Crippen molar-refractivity contribution in [3.05, 3.63) is 63.1 Å². The first-order chi connectivity index (χ1) is 16.1. The molecule has 5 rings (SSSR count). The molecular weight excluding hydrogens is 422 g/mol. The van der Waals surface area contributed by atoms with Crippen LogP contribution in [0.4, 0.5) is 0 Å². The molecule has 2 amide bonds. The molecule has 1 aromatic heterocycles. The van der Waals surface area contributed by atoms with Crippen LogP contribution in [-0.4, -0.2) is 65.6 Å². The van der Waals surface area contributed by atoms with Gasteiger partial charge in [0.15, 0.2) is 0 Å². The molecule has 1 fully saturated rings. The molecule has 0 spiro atoms. The van der Waals surface area contributed by atoms with Gasteiger partial charge in [-0.1, -0.05) is 24.3 Å². The highest BCUT2D eigenvalue weighted by Crippen LogP contribution is 2.28. The van der Waals surface area contributed by atoms with E-state index in [0.29, 0.717) is 62.8 Å². The van der Waals surface area contributed by atoms with Crippen LogP contribution in [0.15, 0.2) is 35.1 Å². The Kier molecular flexibility index (Phi) is 5.93. The van der Waals surface area contributed by atoms with Gasteiger partial charge in [-0.25, -0.2) is 0 Å². The maximum absolute atomic E-state index is 13.7. The Morgan fingerprint density at radius 1 is 1.03 bits per heavy atom. The van der Waals surface area contributed by atoms with Crippen molar-refractivity contribution in [3.8, 4) is 5.75 Å². The third-order valence-electron chi connectivity index (χ3n) is 6.96. The zero-order valence-corrected chi connectivity index (χ0v) is 18.9. The summed E-state index contributed by atoms with van der Waals surface area (Å²) in [6.45, 7) is 2.96. The zero-order valence-electron chi connectivity index (χ0n) is 18.9. The summed E-state index contributed by atoms with van der Waals surface area (Å²) in [7, 11) is 1.48. The molecule has 0 N–H and O–H groups in total. The van der Waals surface area contributed by atoms with Gasteiger partial charge in [-0.2, -0.15) is 0 Å². The number of aromatic nitrogens is 1. The molecule has 174 valence electrons. The third-order valence-corrected chi connectivity index (χ3v) is 6.96. The highest BCUT2D eigenvalue weighted by molar-refractivity contribution is 5.98. The lowest BCUT2D eigenvalue weighted by molar-refractivity contribution is -0.140. The van der Waals surface area contributed by atoms with Crippen LogP contribution in [0.3, 0.4) is 0 Å². The molecule has 0 saturated carbocycles. The topological polar surface area (TPSA) is 81.1 Å². The van der Waals surface area contributed by atoms with Crippen LogP contribution < -0.4 is 10.3 Å². The van der Waals surface area contributed by atoms with E-state index >= 15 is 0 Å². The molecule has 4 heterocycles. The Bertz CT molecular complexity index is 1140. The van der Waals surface area contributed by atoms with Gasteiger partial charge >= 0.3 is 0 Å². The summed E-state index contributed by atoms with van der Waals surface area (Å²) >= 11 is 0. The van der Waals surface area contributed by atoms with Crippen LogP contribution in [-0.2, 0) is 35.5 Å². The molecule has 0 aliphatic carbocycles. The molecule has 8 heteroatoms. The molecular formula is C25H29N3O5. The molecule has 0 radical (unpaired) electrons. The molecule has 0 unspecified atom stereocenters. The highest BCUT2D eigenvalue weighted by atomic mass is 16.5. The Morgan fingerprint density at radius 3 is 2.58 bits per heavy atom. The number of rotatable bonds is 3. The first-order valence-corrected chi connectivity index (χ1v) is 11.6. The van der Waals surface area contributed by atoms with Crippen molar-refractivity contribution < 1.29 is 19.1 Å². The van der Waals surface area contributed by atoms with E-state index in [2.05, 4.69) is 12.1 Å². The van der Waals surface area contributed by atoms with Gasteiger partial charge in [0, 0.05) is 57.5 Å². The SMILES string of the molecule is COc1cc(=O)n2c(c1C(=O)N1CCc3ccccc3C1)CCN(C(=O)[C@H]1CCCO1)CC2. The van der Waals surface area contributed by atoms with E-state index in [1.165, 1.54) is 18.7 Å².